The molecule has 2 rings (SSSR count). The predicted molar refractivity (Wildman–Crippen MR) is 79.2 cm³/mol. The van der Waals surface area contributed by atoms with E-state index < -0.39 is 6.04 Å². The van der Waals surface area contributed by atoms with Crippen LogP contribution in [0, 0.1) is 11.3 Å². The Hall–Kier alpha value is -1.84. The monoisotopic (exact) mass is 308 g/mol. The number of amides is 1. The van der Waals surface area contributed by atoms with Crippen molar-refractivity contribution in [2.24, 2.45) is 0 Å². The SMILES string of the molecule is CCCNC(=O)C1COCCN1c1cc(C#N)cc(Cl)n1. The van der Waals surface area contributed by atoms with E-state index in [1.165, 1.54) is 6.07 Å². The molecule has 7 heteroatoms. The zero-order valence-corrected chi connectivity index (χ0v) is 12.6. The molecule has 6 nitrogen and oxygen atoms in total. The Bertz CT molecular complexity index is 558. The van der Waals surface area contributed by atoms with Gasteiger partial charge in [-0.3, -0.25) is 4.79 Å². The number of carbonyl (C=O) groups excluding carboxylic acids is 1. The fourth-order valence-corrected chi connectivity index (χ4v) is 2.36. The van der Waals surface area contributed by atoms with Crippen LogP contribution in [0.3, 0.4) is 0 Å². The third-order valence-electron chi connectivity index (χ3n) is 3.18. The van der Waals surface area contributed by atoms with Crippen molar-refractivity contribution in [3.63, 3.8) is 0 Å². The molecule has 0 spiro atoms. The number of hydrogen-bond acceptors (Lipinski definition) is 5. The second kappa shape index (κ2) is 7.25. The standard InChI is InChI=1S/C14H17ClN4O2/c1-2-3-17-14(20)11-9-21-5-4-19(11)13-7-10(8-16)6-12(15)18-13/h6-7,11H,2-5,9H2,1H3,(H,17,20). The fraction of sp³-hybridized carbons (Fsp3) is 0.500. The molecular weight excluding hydrogens is 292 g/mol. The first kappa shape index (κ1) is 15.5. The Kier molecular flexibility index (Phi) is 5.37. The van der Waals surface area contributed by atoms with Gasteiger partial charge in [0, 0.05) is 13.1 Å². The van der Waals surface area contributed by atoms with Gasteiger partial charge < -0.3 is 15.0 Å². The zero-order chi connectivity index (χ0) is 15.2. The summed E-state index contributed by atoms with van der Waals surface area (Å²) in [6.07, 6.45) is 0.868. The molecule has 1 amide bonds. The van der Waals surface area contributed by atoms with Crippen molar-refractivity contribution in [2.75, 3.05) is 31.2 Å². The van der Waals surface area contributed by atoms with Gasteiger partial charge in [0.05, 0.1) is 24.8 Å². The van der Waals surface area contributed by atoms with E-state index in [0.717, 1.165) is 6.42 Å². The molecule has 21 heavy (non-hydrogen) atoms. The van der Waals surface area contributed by atoms with Gasteiger partial charge >= 0.3 is 0 Å². The molecule has 0 aromatic carbocycles. The lowest BCUT2D eigenvalue weighted by molar-refractivity contribution is -0.124. The summed E-state index contributed by atoms with van der Waals surface area (Å²) in [6, 6.07) is 4.72. The van der Waals surface area contributed by atoms with Crippen LogP contribution in [0.25, 0.3) is 0 Å². The Morgan fingerprint density at radius 2 is 2.48 bits per heavy atom. The summed E-state index contributed by atoms with van der Waals surface area (Å²) >= 11 is 5.94. The lowest BCUT2D eigenvalue weighted by Crippen LogP contribution is -2.54. The van der Waals surface area contributed by atoms with Gasteiger partial charge in [-0.1, -0.05) is 18.5 Å². The molecular formula is C14H17ClN4O2. The van der Waals surface area contributed by atoms with E-state index >= 15 is 0 Å². The maximum Gasteiger partial charge on any atom is 0.245 e. The molecule has 0 radical (unpaired) electrons. The highest BCUT2D eigenvalue weighted by Gasteiger charge is 2.30. The first-order valence-corrected chi connectivity index (χ1v) is 7.23. The molecule has 112 valence electrons. The Labute approximate surface area is 128 Å². The molecule has 1 atom stereocenters. The van der Waals surface area contributed by atoms with Gasteiger partial charge in [-0.05, 0) is 18.6 Å². The number of nitriles is 1. The summed E-state index contributed by atoms with van der Waals surface area (Å²) in [5, 5.41) is 12.1. The van der Waals surface area contributed by atoms with Crippen molar-refractivity contribution in [1.82, 2.24) is 10.3 Å². The minimum absolute atomic E-state index is 0.100. The number of aromatic nitrogens is 1. The lowest BCUT2D eigenvalue weighted by atomic mass is 10.2. The first-order valence-electron chi connectivity index (χ1n) is 6.85. The second-order valence-electron chi connectivity index (χ2n) is 4.72. The average Bonchev–Trinajstić information content (AvgIpc) is 2.51. The molecule has 1 N–H and O–H groups in total. The topological polar surface area (TPSA) is 78.2 Å². The number of ether oxygens (including phenoxy) is 1. The van der Waals surface area contributed by atoms with Crippen molar-refractivity contribution >= 4 is 23.3 Å². The summed E-state index contributed by atoms with van der Waals surface area (Å²) in [6.45, 7) is 3.95. The maximum atomic E-state index is 12.2. The molecule has 1 saturated heterocycles. The number of anilines is 1. The third kappa shape index (κ3) is 3.84. The van der Waals surface area contributed by atoms with Gasteiger partial charge in [0.25, 0.3) is 0 Å². The number of nitrogens with zero attached hydrogens (tertiary/aromatic N) is 3. The maximum absolute atomic E-state index is 12.2. The second-order valence-corrected chi connectivity index (χ2v) is 5.11. The normalized spacial score (nSPS) is 18.1. The van der Waals surface area contributed by atoms with E-state index in [0.29, 0.717) is 37.7 Å². The number of nitrogens with one attached hydrogen (secondary N) is 1. The van der Waals surface area contributed by atoms with Crippen molar-refractivity contribution in [2.45, 2.75) is 19.4 Å². The molecule has 2 heterocycles. The van der Waals surface area contributed by atoms with Crippen molar-refractivity contribution in [3.05, 3.63) is 22.8 Å². The minimum Gasteiger partial charge on any atom is -0.377 e. The largest absolute Gasteiger partial charge is 0.377 e. The van der Waals surface area contributed by atoms with E-state index in [-0.39, 0.29) is 11.1 Å². The molecule has 1 unspecified atom stereocenters. The Balaban J connectivity index is 2.24. The first-order chi connectivity index (χ1) is 10.2. The molecule has 1 aliphatic rings. The highest BCUT2D eigenvalue weighted by atomic mass is 35.5. The summed E-state index contributed by atoms with van der Waals surface area (Å²) in [5.74, 6) is 0.427. The average molecular weight is 309 g/mol. The smallest absolute Gasteiger partial charge is 0.245 e. The molecule has 0 saturated carbocycles. The van der Waals surface area contributed by atoms with Crippen molar-refractivity contribution in [1.29, 1.82) is 5.26 Å². The lowest BCUT2D eigenvalue weighted by Gasteiger charge is -2.35. The van der Waals surface area contributed by atoms with Crippen LogP contribution >= 0.6 is 11.6 Å². The van der Waals surface area contributed by atoms with Crippen molar-refractivity contribution < 1.29 is 9.53 Å². The number of hydrogen-bond donors (Lipinski definition) is 1. The summed E-state index contributed by atoms with van der Waals surface area (Å²) in [5.41, 5.74) is 0.421. The van der Waals surface area contributed by atoms with Gasteiger partial charge in [0.2, 0.25) is 5.91 Å². The van der Waals surface area contributed by atoms with E-state index in [9.17, 15) is 4.79 Å². The third-order valence-corrected chi connectivity index (χ3v) is 3.38. The fourth-order valence-electron chi connectivity index (χ4n) is 2.16. The van der Waals surface area contributed by atoms with Crippen LogP contribution in [0.5, 0.6) is 0 Å². The summed E-state index contributed by atoms with van der Waals surface area (Å²) < 4.78 is 5.39. The van der Waals surface area contributed by atoms with Crippen LogP contribution < -0.4 is 10.2 Å². The Morgan fingerprint density at radius 1 is 1.67 bits per heavy atom. The van der Waals surface area contributed by atoms with Crippen LogP contribution in [0.4, 0.5) is 5.82 Å². The highest BCUT2D eigenvalue weighted by molar-refractivity contribution is 6.29. The van der Waals surface area contributed by atoms with Crippen LogP contribution in [0.1, 0.15) is 18.9 Å². The minimum atomic E-state index is -0.456. The van der Waals surface area contributed by atoms with Crippen LogP contribution in [0.2, 0.25) is 5.15 Å². The number of carbonyl (C=O) groups is 1. The number of pyridine rings is 1. The van der Waals surface area contributed by atoms with Gasteiger partial charge in [0.1, 0.15) is 17.0 Å². The molecule has 0 aliphatic carbocycles. The van der Waals surface area contributed by atoms with Crippen LogP contribution in [-0.4, -0.2) is 43.2 Å². The number of rotatable bonds is 4. The van der Waals surface area contributed by atoms with Crippen molar-refractivity contribution in [3.8, 4) is 6.07 Å². The predicted octanol–water partition coefficient (Wildman–Crippen LogP) is 1.34. The van der Waals surface area contributed by atoms with E-state index in [1.54, 1.807) is 6.07 Å². The summed E-state index contributed by atoms with van der Waals surface area (Å²) in [7, 11) is 0. The molecule has 1 aromatic heterocycles. The molecule has 1 fully saturated rings. The molecule has 0 bridgehead atoms. The van der Waals surface area contributed by atoms with Crippen LogP contribution in [0.15, 0.2) is 12.1 Å². The van der Waals surface area contributed by atoms with Gasteiger partial charge in [-0.15, -0.1) is 0 Å². The quantitative estimate of drug-likeness (QED) is 0.849. The van der Waals surface area contributed by atoms with Gasteiger partial charge in [0.15, 0.2) is 0 Å². The highest BCUT2D eigenvalue weighted by Crippen LogP contribution is 2.21. The van der Waals surface area contributed by atoms with Crippen LogP contribution in [-0.2, 0) is 9.53 Å². The summed E-state index contributed by atoms with van der Waals surface area (Å²) in [4.78, 5) is 18.3. The molecule has 1 aromatic rings. The number of halogens is 1. The van der Waals surface area contributed by atoms with Gasteiger partial charge in [-0.2, -0.15) is 5.26 Å². The van der Waals surface area contributed by atoms with E-state index in [4.69, 9.17) is 21.6 Å². The molecule has 1 aliphatic heterocycles. The number of morpholine rings is 1. The van der Waals surface area contributed by atoms with E-state index in [2.05, 4.69) is 10.3 Å². The Morgan fingerprint density at radius 3 is 3.19 bits per heavy atom. The zero-order valence-electron chi connectivity index (χ0n) is 11.8. The van der Waals surface area contributed by atoms with Gasteiger partial charge in [-0.25, -0.2) is 4.98 Å². The van der Waals surface area contributed by atoms with E-state index in [1.807, 2.05) is 17.9 Å².